The fraction of sp³-hybridized carbons (Fsp3) is 0.938. The Hall–Kier alpha value is -0.650. The van der Waals surface area contributed by atoms with Crippen molar-refractivity contribution in [1.29, 1.82) is 0 Å². The number of ether oxygens (including phenoxy) is 1. The second-order valence-corrected chi connectivity index (χ2v) is 7.29. The molecule has 120 valence electrons. The lowest BCUT2D eigenvalue weighted by molar-refractivity contribution is -0.148. The Morgan fingerprint density at radius 2 is 2.05 bits per heavy atom. The third-order valence-electron chi connectivity index (χ3n) is 5.56. The van der Waals surface area contributed by atoms with Crippen LogP contribution in [0.5, 0.6) is 0 Å². The zero-order valence-corrected chi connectivity index (χ0v) is 13.6. The number of carbonyl (C=O) groups is 1. The first kappa shape index (κ1) is 15.3. The number of rotatable bonds is 5. The van der Waals surface area contributed by atoms with Crippen molar-refractivity contribution < 1.29 is 9.53 Å². The number of nitrogens with zero attached hydrogens (tertiary/aromatic N) is 2. The van der Waals surface area contributed by atoms with Gasteiger partial charge in [-0.05, 0) is 52.6 Å². The molecule has 21 heavy (non-hydrogen) atoms. The van der Waals surface area contributed by atoms with Crippen LogP contribution in [-0.2, 0) is 9.53 Å². The Bertz CT molecular complexity index is 397. The second kappa shape index (κ2) is 5.86. The number of nitrogens with one attached hydrogen (secondary N) is 1. The number of likely N-dealkylation sites (N-methyl/N-ethyl adjacent to an activating group) is 1. The molecule has 1 heterocycles. The van der Waals surface area contributed by atoms with Crippen LogP contribution in [-0.4, -0.2) is 73.7 Å². The maximum absolute atomic E-state index is 12.3. The summed E-state index contributed by atoms with van der Waals surface area (Å²) in [7, 11) is 5.84. The predicted molar refractivity (Wildman–Crippen MR) is 82.2 cm³/mol. The zero-order valence-electron chi connectivity index (χ0n) is 13.6. The fourth-order valence-corrected chi connectivity index (χ4v) is 4.04. The van der Waals surface area contributed by atoms with Gasteiger partial charge in [0, 0.05) is 31.2 Å². The second-order valence-electron chi connectivity index (χ2n) is 7.29. The van der Waals surface area contributed by atoms with Crippen LogP contribution in [0, 0.1) is 0 Å². The lowest BCUT2D eigenvalue weighted by Crippen LogP contribution is -2.53. The Labute approximate surface area is 128 Å². The van der Waals surface area contributed by atoms with Crippen LogP contribution >= 0.6 is 0 Å². The van der Waals surface area contributed by atoms with Gasteiger partial charge in [-0.25, -0.2) is 0 Å². The molecule has 0 aromatic heterocycles. The van der Waals surface area contributed by atoms with Gasteiger partial charge in [0.15, 0.2) is 0 Å². The van der Waals surface area contributed by atoms with Crippen molar-refractivity contribution in [3.63, 3.8) is 0 Å². The summed E-state index contributed by atoms with van der Waals surface area (Å²) in [5, 5.41) is 3.59. The maximum Gasteiger partial charge on any atom is 0.326 e. The van der Waals surface area contributed by atoms with Crippen LogP contribution in [0.3, 0.4) is 0 Å². The molecule has 3 atom stereocenters. The number of hydrogen-bond acceptors (Lipinski definition) is 5. The summed E-state index contributed by atoms with van der Waals surface area (Å²) in [4.78, 5) is 17.2. The molecule has 0 amide bonds. The maximum atomic E-state index is 12.3. The molecule has 3 rings (SSSR count). The monoisotopic (exact) mass is 295 g/mol. The number of likely N-dealkylation sites (tertiary alicyclic amines) is 1. The minimum absolute atomic E-state index is 0.0553. The van der Waals surface area contributed by atoms with E-state index in [9.17, 15) is 4.79 Å². The predicted octanol–water partition coefficient (Wildman–Crippen LogP) is 0.839. The Balaban J connectivity index is 1.63. The van der Waals surface area contributed by atoms with Gasteiger partial charge < -0.3 is 9.64 Å². The number of carbonyl (C=O) groups excluding carboxylic acids is 1. The summed E-state index contributed by atoms with van der Waals surface area (Å²) in [5.41, 5.74) is -0.420. The summed E-state index contributed by atoms with van der Waals surface area (Å²) in [6.45, 7) is 2.30. The van der Waals surface area contributed by atoms with E-state index in [4.69, 9.17) is 4.74 Å². The summed E-state index contributed by atoms with van der Waals surface area (Å²) < 4.78 is 5.11. The highest BCUT2D eigenvalue weighted by atomic mass is 16.5. The average Bonchev–Trinajstić information content (AvgIpc) is 2.97. The van der Waals surface area contributed by atoms with Crippen molar-refractivity contribution in [3.8, 4) is 0 Å². The van der Waals surface area contributed by atoms with E-state index in [1.54, 1.807) is 0 Å². The van der Waals surface area contributed by atoms with Crippen molar-refractivity contribution in [3.05, 3.63) is 0 Å². The molecule has 0 bridgehead atoms. The van der Waals surface area contributed by atoms with E-state index in [-0.39, 0.29) is 5.97 Å². The van der Waals surface area contributed by atoms with E-state index >= 15 is 0 Å². The van der Waals surface area contributed by atoms with Gasteiger partial charge in [0.2, 0.25) is 0 Å². The molecule has 0 spiro atoms. The molecule has 2 saturated carbocycles. The van der Waals surface area contributed by atoms with Crippen LogP contribution in [0.1, 0.15) is 38.5 Å². The van der Waals surface area contributed by atoms with E-state index in [1.165, 1.54) is 26.4 Å². The van der Waals surface area contributed by atoms with E-state index < -0.39 is 5.54 Å². The van der Waals surface area contributed by atoms with Crippen LogP contribution in [0.2, 0.25) is 0 Å². The molecule has 0 radical (unpaired) electrons. The lowest BCUT2D eigenvalue weighted by atomic mass is 9.97. The minimum Gasteiger partial charge on any atom is -0.468 e. The van der Waals surface area contributed by atoms with Gasteiger partial charge in [-0.1, -0.05) is 0 Å². The molecule has 1 saturated heterocycles. The molecule has 1 N–H and O–H groups in total. The number of hydrogen-bond donors (Lipinski definition) is 1. The van der Waals surface area contributed by atoms with Gasteiger partial charge >= 0.3 is 5.97 Å². The standard InChI is InChI=1S/C16H29N3O2/c1-18(2)14-7-9-19(11-14)13-6-8-16(10-13,15(20)21-3)17-12-4-5-12/h12-14,17H,4-11H2,1-3H3. The molecule has 0 aromatic carbocycles. The molecule has 3 aliphatic rings. The van der Waals surface area contributed by atoms with E-state index in [0.29, 0.717) is 18.1 Å². The molecular formula is C16H29N3O2. The molecule has 3 fully saturated rings. The molecule has 5 heteroatoms. The van der Waals surface area contributed by atoms with Gasteiger partial charge in [-0.2, -0.15) is 0 Å². The summed E-state index contributed by atoms with van der Waals surface area (Å²) in [5.74, 6) is -0.0553. The van der Waals surface area contributed by atoms with Crippen LogP contribution in [0.4, 0.5) is 0 Å². The molecular weight excluding hydrogens is 266 g/mol. The number of esters is 1. The van der Waals surface area contributed by atoms with Crippen molar-refractivity contribution in [2.75, 3.05) is 34.3 Å². The van der Waals surface area contributed by atoms with Gasteiger partial charge in [-0.15, -0.1) is 0 Å². The van der Waals surface area contributed by atoms with Gasteiger partial charge in [0.1, 0.15) is 5.54 Å². The normalized spacial score (nSPS) is 37.3. The Morgan fingerprint density at radius 1 is 1.29 bits per heavy atom. The van der Waals surface area contributed by atoms with Crippen molar-refractivity contribution in [2.45, 2.75) is 62.2 Å². The molecule has 0 aromatic rings. The Kier molecular flexibility index (Phi) is 4.26. The summed E-state index contributed by atoms with van der Waals surface area (Å²) in [6.07, 6.45) is 6.59. The SMILES string of the molecule is COC(=O)C1(NC2CC2)CCC(N2CCC(N(C)C)C2)C1. The highest BCUT2D eigenvalue weighted by Crippen LogP contribution is 2.38. The fourth-order valence-electron chi connectivity index (χ4n) is 4.04. The minimum atomic E-state index is -0.420. The van der Waals surface area contributed by atoms with Crippen molar-refractivity contribution in [2.24, 2.45) is 0 Å². The molecule has 2 aliphatic carbocycles. The van der Waals surface area contributed by atoms with E-state index in [0.717, 1.165) is 32.4 Å². The van der Waals surface area contributed by atoms with Gasteiger partial charge in [-0.3, -0.25) is 15.0 Å². The van der Waals surface area contributed by atoms with Crippen LogP contribution in [0.25, 0.3) is 0 Å². The van der Waals surface area contributed by atoms with Crippen molar-refractivity contribution in [1.82, 2.24) is 15.1 Å². The first-order valence-electron chi connectivity index (χ1n) is 8.31. The van der Waals surface area contributed by atoms with Crippen LogP contribution in [0.15, 0.2) is 0 Å². The molecule has 5 nitrogen and oxygen atoms in total. The Morgan fingerprint density at radius 3 is 2.62 bits per heavy atom. The highest BCUT2D eigenvalue weighted by molar-refractivity contribution is 5.81. The summed E-state index contributed by atoms with van der Waals surface area (Å²) >= 11 is 0. The van der Waals surface area contributed by atoms with Crippen molar-refractivity contribution >= 4 is 5.97 Å². The van der Waals surface area contributed by atoms with Gasteiger partial charge in [0.25, 0.3) is 0 Å². The third kappa shape index (κ3) is 3.10. The average molecular weight is 295 g/mol. The molecule has 3 unspecified atom stereocenters. The van der Waals surface area contributed by atoms with E-state index in [1.807, 2.05) is 0 Å². The molecule has 1 aliphatic heterocycles. The lowest BCUT2D eigenvalue weighted by Gasteiger charge is -2.30. The third-order valence-corrected chi connectivity index (χ3v) is 5.56. The zero-order chi connectivity index (χ0) is 15.0. The first-order chi connectivity index (χ1) is 10.0. The van der Waals surface area contributed by atoms with Crippen LogP contribution < -0.4 is 5.32 Å². The first-order valence-corrected chi connectivity index (χ1v) is 8.31. The highest BCUT2D eigenvalue weighted by Gasteiger charge is 2.50. The van der Waals surface area contributed by atoms with Gasteiger partial charge in [0.05, 0.1) is 7.11 Å². The summed E-state index contributed by atoms with van der Waals surface area (Å²) in [6, 6.07) is 1.73. The quantitative estimate of drug-likeness (QED) is 0.762. The number of methoxy groups -OCH3 is 1. The largest absolute Gasteiger partial charge is 0.468 e. The smallest absolute Gasteiger partial charge is 0.326 e. The topological polar surface area (TPSA) is 44.8 Å². The van der Waals surface area contributed by atoms with E-state index in [2.05, 4.69) is 29.2 Å².